The molecule has 13 heavy (non-hydrogen) atoms. The zero-order valence-electron chi connectivity index (χ0n) is 7.81. The number of anilines is 2. The van der Waals surface area contributed by atoms with Gasteiger partial charge in [0.1, 0.15) is 0 Å². The number of benzene rings is 1. The van der Waals surface area contributed by atoms with Gasteiger partial charge in [0.05, 0.1) is 6.67 Å². The quantitative estimate of drug-likeness (QED) is 0.554. The van der Waals surface area contributed by atoms with Crippen LogP contribution in [0.4, 0.5) is 15.8 Å². The van der Waals surface area contributed by atoms with E-state index >= 15 is 0 Å². The van der Waals surface area contributed by atoms with Gasteiger partial charge in [0.15, 0.2) is 0 Å². The van der Waals surface area contributed by atoms with Crippen LogP contribution < -0.4 is 11.1 Å². The summed E-state index contributed by atoms with van der Waals surface area (Å²) in [6, 6.07) is 5.77. The lowest BCUT2D eigenvalue weighted by Crippen LogP contribution is -2.02. The summed E-state index contributed by atoms with van der Waals surface area (Å²) in [5.41, 5.74) is 8.50. The molecule has 0 saturated heterocycles. The van der Waals surface area contributed by atoms with Crippen LogP contribution in [-0.2, 0) is 0 Å². The maximum atomic E-state index is 11.8. The third-order valence-corrected chi connectivity index (χ3v) is 1.92. The summed E-state index contributed by atoms with van der Waals surface area (Å²) in [7, 11) is 0. The van der Waals surface area contributed by atoms with Crippen molar-refractivity contribution >= 4 is 11.4 Å². The molecule has 0 aliphatic carbocycles. The normalized spacial score (nSPS) is 10.0. The monoisotopic (exact) mass is 182 g/mol. The summed E-state index contributed by atoms with van der Waals surface area (Å²) in [4.78, 5) is 0. The number of nitrogens with one attached hydrogen (secondary N) is 1. The van der Waals surface area contributed by atoms with E-state index in [0.717, 1.165) is 16.9 Å². The number of nitrogens with two attached hydrogens (primary N) is 1. The van der Waals surface area contributed by atoms with Crippen molar-refractivity contribution in [3.63, 3.8) is 0 Å². The fraction of sp³-hybridized carbons (Fsp3) is 0.400. The van der Waals surface area contributed by atoms with E-state index in [1.54, 1.807) is 0 Å². The van der Waals surface area contributed by atoms with Gasteiger partial charge in [0.2, 0.25) is 0 Å². The second-order valence-corrected chi connectivity index (χ2v) is 3.04. The smallest absolute Gasteiger partial charge is 0.0911 e. The van der Waals surface area contributed by atoms with Crippen LogP contribution in [0.1, 0.15) is 12.0 Å². The molecule has 0 atom stereocenters. The lowest BCUT2D eigenvalue weighted by atomic mass is 10.2. The van der Waals surface area contributed by atoms with Crippen molar-refractivity contribution < 1.29 is 4.39 Å². The van der Waals surface area contributed by atoms with E-state index in [9.17, 15) is 4.39 Å². The maximum Gasteiger partial charge on any atom is 0.0911 e. The van der Waals surface area contributed by atoms with Crippen molar-refractivity contribution in [1.29, 1.82) is 0 Å². The van der Waals surface area contributed by atoms with Gasteiger partial charge in [-0.25, -0.2) is 0 Å². The Kier molecular flexibility index (Phi) is 3.55. The van der Waals surface area contributed by atoms with Crippen LogP contribution in [0.15, 0.2) is 18.2 Å². The molecule has 0 fully saturated rings. The molecular weight excluding hydrogens is 167 g/mol. The molecule has 0 aliphatic rings. The SMILES string of the molecule is Cc1ccc(NCCCF)cc1N. The Labute approximate surface area is 77.9 Å². The fourth-order valence-electron chi connectivity index (χ4n) is 1.05. The highest BCUT2D eigenvalue weighted by Crippen LogP contribution is 2.16. The number of alkyl halides is 1. The Balaban J connectivity index is 2.53. The number of nitrogen functional groups attached to an aromatic ring is 1. The van der Waals surface area contributed by atoms with Crippen LogP contribution >= 0.6 is 0 Å². The summed E-state index contributed by atoms with van der Waals surface area (Å²) in [5, 5.41) is 3.09. The third kappa shape index (κ3) is 2.93. The van der Waals surface area contributed by atoms with Gasteiger partial charge >= 0.3 is 0 Å². The highest BCUT2D eigenvalue weighted by Gasteiger charge is 1.95. The van der Waals surface area contributed by atoms with Gasteiger partial charge in [-0.1, -0.05) is 6.07 Å². The highest BCUT2D eigenvalue weighted by atomic mass is 19.1. The van der Waals surface area contributed by atoms with Gasteiger partial charge in [-0.15, -0.1) is 0 Å². The molecule has 1 aromatic rings. The zero-order chi connectivity index (χ0) is 9.68. The van der Waals surface area contributed by atoms with Crippen LogP contribution in [0, 0.1) is 6.92 Å². The van der Waals surface area contributed by atoms with E-state index in [2.05, 4.69) is 5.32 Å². The minimum absolute atomic E-state index is 0.283. The van der Waals surface area contributed by atoms with Gasteiger partial charge in [0.25, 0.3) is 0 Å². The Morgan fingerprint density at radius 3 is 2.85 bits per heavy atom. The summed E-state index contributed by atoms with van der Waals surface area (Å²) in [5.74, 6) is 0. The second kappa shape index (κ2) is 4.70. The first-order chi connectivity index (χ1) is 6.24. The molecule has 0 amide bonds. The van der Waals surface area contributed by atoms with Crippen molar-refractivity contribution in [3.8, 4) is 0 Å². The van der Waals surface area contributed by atoms with Crippen LogP contribution in [0.2, 0.25) is 0 Å². The molecule has 1 rings (SSSR count). The lowest BCUT2D eigenvalue weighted by Gasteiger charge is -2.07. The number of aryl methyl sites for hydroxylation is 1. The van der Waals surface area contributed by atoms with Crippen LogP contribution in [0.3, 0.4) is 0 Å². The summed E-state index contributed by atoms with van der Waals surface area (Å²) >= 11 is 0. The summed E-state index contributed by atoms with van der Waals surface area (Å²) < 4.78 is 11.8. The van der Waals surface area contributed by atoms with E-state index in [4.69, 9.17) is 5.73 Å². The Morgan fingerprint density at radius 2 is 2.23 bits per heavy atom. The standard InChI is InChI=1S/C10H15FN2/c1-8-3-4-9(7-10(8)12)13-6-2-5-11/h3-4,7,13H,2,5-6,12H2,1H3. The number of hydrogen-bond donors (Lipinski definition) is 2. The van der Waals surface area contributed by atoms with E-state index < -0.39 is 0 Å². The van der Waals surface area contributed by atoms with E-state index in [0.29, 0.717) is 13.0 Å². The fourth-order valence-corrected chi connectivity index (χ4v) is 1.05. The van der Waals surface area contributed by atoms with Crippen LogP contribution in [0.5, 0.6) is 0 Å². The largest absolute Gasteiger partial charge is 0.398 e. The molecule has 0 heterocycles. The minimum atomic E-state index is -0.283. The average Bonchev–Trinajstić information content (AvgIpc) is 2.12. The van der Waals surface area contributed by atoms with Crippen molar-refractivity contribution in [1.82, 2.24) is 0 Å². The molecule has 0 spiro atoms. The molecule has 0 unspecified atom stereocenters. The van der Waals surface area contributed by atoms with Gasteiger partial charge in [-0.2, -0.15) is 0 Å². The summed E-state index contributed by atoms with van der Waals surface area (Å²) in [6.45, 7) is 2.33. The average molecular weight is 182 g/mol. The van der Waals surface area contributed by atoms with Gasteiger partial charge in [0, 0.05) is 17.9 Å². The zero-order valence-corrected chi connectivity index (χ0v) is 7.81. The Hall–Kier alpha value is -1.25. The molecule has 0 aliphatic heterocycles. The molecule has 3 heteroatoms. The first-order valence-corrected chi connectivity index (χ1v) is 4.40. The molecule has 0 radical (unpaired) electrons. The van der Waals surface area contributed by atoms with Crippen molar-refractivity contribution in [2.45, 2.75) is 13.3 Å². The molecule has 3 N–H and O–H groups in total. The van der Waals surface area contributed by atoms with Crippen LogP contribution in [-0.4, -0.2) is 13.2 Å². The van der Waals surface area contributed by atoms with Gasteiger partial charge in [-0.05, 0) is 31.0 Å². The topological polar surface area (TPSA) is 38.0 Å². The number of hydrogen-bond acceptors (Lipinski definition) is 2. The molecule has 1 aromatic carbocycles. The van der Waals surface area contributed by atoms with Gasteiger partial charge < -0.3 is 11.1 Å². The second-order valence-electron chi connectivity index (χ2n) is 3.04. The lowest BCUT2D eigenvalue weighted by molar-refractivity contribution is 0.481. The Morgan fingerprint density at radius 1 is 1.46 bits per heavy atom. The minimum Gasteiger partial charge on any atom is -0.398 e. The predicted octanol–water partition coefficient (Wildman–Crippen LogP) is 2.35. The highest BCUT2D eigenvalue weighted by molar-refractivity contribution is 5.58. The molecule has 2 nitrogen and oxygen atoms in total. The molecule has 0 saturated carbocycles. The van der Waals surface area contributed by atoms with Crippen molar-refractivity contribution in [3.05, 3.63) is 23.8 Å². The molecule has 72 valence electrons. The van der Waals surface area contributed by atoms with Crippen molar-refractivity contribution in [2.24, 2.45) is 0 Å². The predicted molar refractivity (Wildman–Crippen MR) is 54.7 cm³/mol. The summed E-state index contributed by atoms with van der Waals surface area (Å²) in [6.07, 6.45) is 0.535. The van der Waals surface area contributed by atoms with Crippen LogP contribution in [0.25, 0.3) is 0 Å². The Bertz CT molecular complexity index is 274. The molecule has 0 aromatic heterocycles. The van der Waals surface area contributed by atoms with Gasteiger partial charge in [-0.3, -0.25) is 4.39 Å². The van der Waals surface area contributed by atoms with E-state index in [1.807, 2.05) is 25.1 Å². The van der Waals surface area contributed by atoms with E-state index in [1.165, 1.54) is 0 Å². The van der Waals surface area contributed by atoms with E-state index in [-0.39, 0.29) is 6.67 Å². The first kappa shape index (κ1) is 9.84. The molecule has 0 bridgehead atoms. The van der Waals surface area contributed by atoms with Crippen molar-refractivity contribution in [2.75, 3.05) is 24.3 Å². The number of rotatable bonds is 4. The number of halogens is 1. The molecular formula is C10H15FN2. The third-order valence-electron chi connectivity index (χ3n) is 1.92. The first-order valence-electron chi connectivity index (χ1n) is 4.40. The maximum absolute atomic E-state index is 11.8.